The molecule has 2 aromatic heterocycles. The molecule has 1 amide bonds. The lowest BCUT2D eigenvalue weighted by Crippen LogP contribution is -2.44. The predicted molar refractivity (Wildman–Crippen MR) is 125 cm³/mol. The molecule has 0 radical (unpaired) electrons. The van der Waals surface area contributed by atoms with Crippen molar-refractivity contribution in [2.24, 2.45) is 0 Å². The highest BCUT2D eigenvalue weighted by atomic mass is 32.2. The fourth-order valence-corrected chi connectivity index (χ4v) is 5.10. The molecule has 4 aromatic rings. The second kappa shape index (κ2) is 8.23. The second-order valence-corrected chi connectivity index (χ2v) is 10.00. The van der Waals surface area contributed by atoms with Gasteiger partial charge in [0.25, 0.3) is 15.9 Å². The molecule has 0 saturated carbocycles. The summed E-state index contributed by atoms with van der Waals surface area (Å²) >= 11 is 0. The maximum atomic E-state index is 13.2. The van der Waals surface area contributed by atoms with Crippen LogP contribution in [0.15, 0.2) is 71.9 Å². The summed E-state index contributed by atoms with van der Waals surface area (Å²) in [6.45, 7) is 2.98. The minimum atomic E-state index is -4.23. The van der Waals surface area contributed by atoms with Gasteiger partial charge in [-0.1, -0.05) is 19.1 Å². The molecular weight excluding hydrogens is 456 g/mol. The molecule has 2 aromatic carbocycles. The van der Waals surface area contributed by atoms with Gasteiger partial charge in [0.15, 0.2) is 0 Å². The first-order valence-corrected chi connectivity index (χ1v) is 12.0. The summed E-state index contributed by atoms with van der Waals surface area (Å²) < 4.78 is 40.7. The van der Waals surface area contributed by atoms with Crippen molar-refractivity contribution in [3.63, 3.8) is 0 Å². The Morgan fingerprint density at radius 3 is 2.65 bits per heavy atom. The number of sulfonamides is 1. The van der Waals surface area contributed by atoms with Crippen molar-refractivity contribution >= 4 is 26.8 Å². The van der Waals surface area contributed by atoms with E-state index in [0.29, 0.717) is 18.7 Å². The number of hydrogen-bond acceptors (Lipinski definition) is 7. The monoisotopic (exact) mass is 478 g/mol. The number of nitrogens with one attached hydrogen (secondary N) is 1. The molecule has 1 saturated heterocycles. The van der Waals surface area contributed by atoms with E-state index in [4.69, 9.17) is 9.47 Å². The molecule has 0 aliphatic carbocycles. The number of carbonyl (C=O) groups excluding carboxylic acids is 1. The SMILES string of the molecule is COc1ccc(C2(C)COC2)cc1S(=O)(=O)NC(=O)c1ccc2c(-n3cccn3)cccc2n1. The van der Waals surface area contributed by atoms with Crippen LogP contribution in [0.3, 0.4) is 0 Å². The molecule has 1 aliphatic heterocycles. The van der Waals surface area contributed by atoms with Crippen LogP contribution in [-0.2, 0) is 20.2 Å². The zero-order valence-corrected chi connectivity index (χ0v) is 19.4. The van der Waals surface area contributed by atoms with Crippen LogP contribution in [0.25, 0.3) is 16.6 Å². The Balaban J connectivity index is 1.46. The van der Waals surface area contributed by atoms with Gasteiger partial charge in [-0.05, 0) is 48.0 Å². The first kappa shape index (κ1) is 22.1. The number of aromatic nitrogens is 3. The second-order valence-electron chi connectivity index (χ2n) is 8.34. The zero-order valence-electron chi connectivity index (χ0n) is 18.6. The van der Waals surface area contributed by atoms with E-state index in [1.54, 1.807) is 47.4 Å². The number of carbonyl (C=O) groups is 1. The Kier molecular flexibility index (Phi) is 5.34. The Hall–Kier alpha value is -3.76. The van der Waals surface area contributed by atoms with Crippen LogP contribution >= 0.6 is 0 Å². The van der Waals surface area contributed by atoms with E-state index in [2.05, 4.69) is 14.8 Å². The van der Waals surface area contributed by atoms with Crippen LogP contribution in [0.5, 0.6) is 5.75 Å². The van der Waals surface area contributed by atoms with Crippen molar-refractivity contribution in [3.8, 4) is 11.4 Å². The third kappa shape index (κ3) is 3.80. The topological polar surface area (TPSA) is 112 Å². The van der Waals surface area contributed by atoms with Crippen LogP contribution in [0.2, 0.25) is 0 Å². The van der Waals surface area contributed by atoms with Crippen molar-refractivity contribution in [3.05, 3.63) is 78.2 Å². The van der Waals surface area contributed by atoms with E-state index in [-0.39, 0.29) is 21.8 Å². The molecule has 1 fully saturated rings. The standard InChI is InChI=1S/C24H22N4O5S/c1-24(14-33-15-24)16-7-10-21(32-2)22(13-16)34(30,31)27-23(29)19-9-8-17-18(26-19)5-3-6-20(17)28-12-4-11-25-28/h3-13H,14-15H2,1-2H3,(H,27,29). The average molecular weight is 479 g/mol. The number of rotatable bonds is 6. The number of hydrogen-bond donors (Lipinski definition) is 1. The quantitative estimate of drug-likeness (QED) is 0.453. The van der Waals surface area contributed by atoms with Gasteiger partial charge in [-0.15, -0.1) is 0 Å². The lowest BCUT2D eigenvalue weighted by atomic mass is 9.81. The lowest BCUT2D eigenvalue weighted by Gasteiger charge is -2.38. The van der Waals surface area contributed by atoms with Gasteiger partial charge in [0.2, 0.25) is 0 Å². The molecule has 0 atom stereocenters. The van der Waals surface area contributed by atoms with Gasteiger partial charge in [0.1, 0.15) is 16.3 Å². The highest BCUT2D eigenvalue weighted by Gasteiger charge is 2.37. The number of nitrogens with zero attached hydrogens (tertiary/aromatic N) is 3. The van der Waals surface area contributed by atoms with Crippen LogP contribution < -0.4 is 9.46 Å². The number of pyridine rings is 1. The number of benzene rings is 2. The van der Waals surface area contributed by atoms with Crippen LogP contribution in [0.4, 0.5) is 0 Å². The molecule has 0 spiro atoms. The predicted octanol–water partition coefficient (Wildman–Crippen LogP) is 2.84. The molecule has 0 unspecified atom stereocenters. The number of amides is 1. The number of fused-ring (bicyclic) bond motifs is 1. The van der Waals surface area contributed by atoms with Gasteiger partial charge < -0.3 is 9.47 Å². The van der Waals surface area contributed by atoms with Gasteiger partial charge >= 0.3 is 0 Å². The Morgan fingerprint density at radius 1 is 1.15 bits per heavy atom. The molecule has 174 valence electrons. The summed E-state index contributed by atoms with van der Waals surface area (Å²) in [5.41, 5.74) is 1.82. The van der Waals surface area contributed by atoms with Gasteiger partial charge in [-0.3, -0.25) is 4.79 Å². The summed E-state index contributed by atoms with van der Waals surface area (Å²) in [5, 5.41) is 5.01. The van der Waals surface area contributed by atoms with Gasteiger partial charge in [-0.25, -0.2) is 22.8 Å². The summed E-state index contributed by atoms with van der Waals surface area (Å²) in [5.74, 6) is -0.694. The fourth-order valence-electron chi connectivity index (χ4n) is 3.94. The van der Waals surface area contributed by atoms with Crippen molar-refractivity contribution in [2.45, 2.75) is 17.2 Å². The van der Waals surface area contributed by atoms with E-state index in [9.17, 15) is 13.2 Å². The van der Waals surface area contributed by atoms with Gasteiger partial charge in [0, 0.05) is 23.2 Å². The zero-order chi connectivity index (χ0) is 23.9. The average Bonchev–Trinajstić information content (AvgIpc) is 3.36. The van der Waals surface area contributed by atoms with Crippen molar-refractivity contribution in [1.29, 1.82) is 0 Å². The van der Waals surface area contributed by atoms with Crippen molar-refractivity contribution in [2.75, 3.05) is 20.3 Å². The minimum absolute atomic E-state index is 0.0248. The Morgan fingerprint density at radius 2 is 1.97 bits per heavy atom. The number of ether oxygens (including phenoxy) is 2. The molecule has 10 heteroatoms. The largest absolute Gasteiger partial charge is 0.495 e. The molecule has 1 N–H and O–H groups in total. The highest BCUT2D eigenvalue weighted by Crippen LogP contribution is 2.35. The Labute approximate surface area is 196 Å². The molecule has 1 aliphatic rings. The van der Waals surface area contributed by atoms with E-state index >= 15 is 0 Å². The summed E-state index contributed by atoms with van der Waals surface area (Å²) in [6, 6.07) is 15.4. The third-order valence-electron chi connectivity index (χ3n) is 5.91. The van der Waals surface area contributed by atoms with E-state index in [1.165, 1.54) is 19.2 Å². The van der Waals surface area contributed by atoms with Crippen LogP contribution in [-0.4, -0.2) is 49.4 Å². The molecular formula is C24H22N4O5S. The first-order valence-electron chi connectivity index (χ1n) is 10.5. The fraction of sp³-hybridized carbons (Fsp3) is 0.208. The van der Waals surface area contributed by atoms with Crippen molar-refractivity contribution < 1.29 is 22.7 Å². The normalized spacial score (nSPS) is 15.0. The third-order valence-corrected chi connectivity index (χ3v) is 7.26. The number of methoxy groups -OCH3 is 1. The summed E-state index contributed by atoms with van der Waals surface area (Å²) in [7, 11) is -2.85. The highest BCUT2D eigenvalue weighted by molar-refractivity contribution is 7.90. The summed E-state index contributed by atoms with van der Waals surface area (Å²) in [6.07, 6.45) is 3.47. The molecule has 3 heterocycles. The van der Waals surface area contributed by atoms with Gasteiger partial charge in [0.05, 0.1) is 31.5 Å². The molecule has 0 bridgehead atoms. The lowest BCUT2D eigenvalue weighted by molar-refractivity contribution is -0.0501. The van der Waals surface area contributed by atoms with Crippen LogP contribution in [0, 0.1) is 0 Å². The van der Waals surface area contributed by atoms with Crippen LogP contribution in [0.1, 0.15) is 23.0 Å². The summed E-state index contributed by atoms with van der Waals surface area (Å²) in [4.78, 5) is 17.2. The maximum absolute atomic E-state index is 13.2. The van der Waals surface area contributed by atoms with E-state index in [0.717, 1.165) is 16.6 Å². The van der Waals surface area contributed by atoms with E-state index in [1.807, 2.05) is 19.1 Å². The first-order chi connectivity index (χ1) is 16.3. The van der Waals surface area contributed by atoms with Gasteiger partial charge in [-0.2, -0.15) is 5.10 Å². The molecule has 34 heavy (non-hydrogen) atoms. The Bertz CT molecular complexity index is 1500. The molecule has 5 rings (SSSR count). The maximum Gasteiger partial charge on any atom is 0.283 e. The van der Waals surface area contributed by atoms with E-state index < -0.39 is 15.9 Å². The van der Waals surface area contributed by atoms with Crippen molar-refractivity contribution in [1.82, 2.24) is 19.5 Å². The smallest absolute Gasteiger partial charge is 0.283 e. The minimum Gasteiger partial charge on any atom is -0.495 e. The molecule has 9 nitrogen and oxygen atoms in total.